The molecule has 94 valence electrons. The van der Waals surface area contributed by atoms with E-state index in [1.54, 1.807) is 0 Å². The maximum absolute atomic E-state index is 9.08. The van der Waals surface area contributed by atoms with Crippen molar-refractivity contribution in [3.63, 3.8) is 0 Å². The van der Waals surface area contributed by atoms with Crippen molar-refractivity contribution in [1.82, 2.24) is 0 Å². The molecule has 0 aromatic heterocycles. The minimum atomic E-state index is 0.0831. The minimum absolute atomic E-state index is 0.0831. The van der Waals surface area contributed by atoms with Crippen LogP contribution in [0.4, 0.5) is 0 Å². The summed E-state index contributed by atoms with van der Waals surface area (Å²) in [6.45, 7) is 2.36. The topological polar surface area (TPSA) is 29.5 Å². The van der Waals surface area contributed by atoms with Gasteiger partial charge in [-0.15, -0.1) is 0 Å². The second-order valence-corrected chi connectivity index (χ2v) is 4.97. The Morgan fingerprint density at radius 1 is 1.24 bits per heavy atom. The van der Waals surface area contributed by atoms with Gasteiger partial charge in [0, 0.05) is 0 Å². The van der Waals surface area contributed by atoms with Crippen molar-refractivity contribution >= 4 is 0 Å². The van der Waals surface area contributed by atoms with Crippen molar-refractivity contribution in [3.8, 4) is 5.75 Å². The zero-order valence-electron chi connectivity index (χ0n) is 10.6. The van der Waals surface area contributed by atoms with E-state index in [-0.39, 0.29) is 6.61 Å². The summed E-state index contributed by atoms with van der Waals surface area (Å²) in [5.41, 5.74) is 0.921. The maximum Gasteiger partial charge on any atom is 0.120 e. The first-order valence-corrected chi connectivity index (χ1v) is 6.68. The molecule has 0 heterocycles. The Bertz CT molecular complexity index is 341. The van der Waals surface area contributed by atoms with E-state index in [1.165, 1.54) is 32.1 Å². The van der Waals surface area contributed by atoms with Gasteiger partial charge in [0.2, 0.25) is 0 Å². The van der Waals surface area contributed by atoms with Crippen molar-refractivity contribution < 1.29 is 9.84 Å². The number of hydrogen-bond donors (Lipinski definition) is 1. The van der Waals surface area contributed by atoms with E-state index >= 15 is 0 Å². The van der Waals surface area contributed by atoms with Crippen LogP contribution in [-0.2, 0) is 6.61 Å². The van der Waals surface area contributed by atoms with Gasteiger partial charge in [0.05, 0.1) is 12.7 Å². The first-order valence-electron chi connectivity index (χ1n) is 6.68. The molecule has 1 fully saturated rings. The Morgan fingerprint density at radius 2 is 2.00 bits per heavy atom. The van der Waals surface area contributed by atoms with Gasteiger partial charge in [-0.25, -0.2) is 0 Å². The standard InChI is InChI=1S/C15H22O2/c1-2-12-6-8-14(9-7-12)17-15-5-3-4-13(10-15)11-16/h3-5,10,12,14,16H,2,6-9,11H2,1H3. The van der Waals surface area contributed by atoms with Gasteiger partial charge in [-0.3, -0.25) is 0 Å². The molecule has 0 spiro atoms. The Labute approximate surface area is 104 Å². The summed E-state index contributed by atoms with van der Waals surface area (Å²) < 4.78 is 5.98. The zero-order valence-corrected chi connectivity index (χ0v) is 10.6. The number of rotatable bonds is 4. The van der Waals surface area contributed by atoms with Crippen molar-refractivity contribution in [2.75, 3.05) is 0 Å². The zero-order chi connectivity index (χ0) is 12.1. The Balaban J connectivity index is 1.88. The molecule has 1 aromatic rings. The highest BCUT2D eigenvalue weighted by Gasteiger charge is 2.21. The Hall–Kier alpha value is -1.02. The molecule has 1 aliphatic rings. The van der Waals surface area contributed by atoms with Crippen LogP contribution >= 0.6 is 0 Å². The highest BCUT2D eigenvalue weighted by Crippen LogP contribution is 2.29. The monoisotopic (exact) mass is 234 g/mol. The first kappa shape index (κ1) is 12.4. The molecule has 1 saturated carbocycles. The summed E-state index contributed by atoms with van der Waals surface area (Å²) in [6, 6.07) is 7.77. The van der Waals surface area contributed by atoms with Crippen LogP contribution in [-0.4, -0.2) is 11.2 Å². The Kier molecular flexibility index (Phi) is 4.43. The predicted octanol–water partition coefficient (Wildman–Crippen LogP) is 3.53. The second-order valence-electron chi connectivity index (χ2n) is 4.97. The van der Waals surface area contributed by atoms with Gasteiger partial charge in [0.15, 0.2) is 0 Å². The fraction of sp³-hybridized carbons (Fsp3) is 0.600. The van der Waals surface area contributed by atoms with Crippen LogP contribution in [0.25, 0.3) is 0 Å². The van der Waals surface area contributed by atoms with E-state index in [0.29, 0.717) is 6.10 Å². The summed E-state index contributed by atoms with van der Waals surface area (Å²) in [5.74, 6) is 1.80. The summed E-state index contributed by atoms with van der Waals surface area (Å²) in [7, 11) is 0. The van der Waals surface area contributed by atoms with Crippen LogP contribution in [0.1, 0.15) is 44.6 Å². The molecule has 1 aromatic carbocycles. The fourth-order valence-electron chi connectivity index (χ4n) is 2.57. The average molecular weight is 234 g/mol. The third kappa shape index (κ3) is 3.47. The van der Waals surface area contributed by atoms with Crippen molar-refractivity contribution in [1.29, 1.82) is 0 Å². The van der Waals surface area contributed by atoms with E-state index in [0.717, 1.165) is 17.2 Å². The molecule has 0 saturated heterocycles. The molecule has 0 aliphatic heterocycles. The van der Waals surface area contributed by atoms with Crippen molar-refractivity contribution in [2.45, 2.75) is 51.7 Å². The van der Waals surface area contributed by atoms with Crippen LogP contribution < -0.4 is 4.74 Å². The van der Waals surface area contributed by atoms with Gasteiger partial charge in [-0.05, 0) is 49.3 Å². The highest BCUT2D eigenvalue weighted by atomic mass is 16.5. The van der Waals surface area contributed by atoms with Gasteiger partial charge >= 0.3 is 0 Å². The van der Waals surface area contributed by atoms with Crippen LogP contribution in [0, 0.1) is 5.92 Å². The molecule has 0 amide bonds. The van der Waals surface area contributed by atoms with E-state index in [9.17, 15) is 0 Å². The number of aliphatic hydroxyl groups excluding tert-OH is 1. The largest absolute Gasteiger partial charge is 0.490 e. The first-order chi connectivity index (χ1) is 8.31. The molecule has 2 rings (SSSR count). The molecule has 1 N–H and O–H groups in total. The molecular weight excluding hydrogens is 212 g/mol. The summed E-state index contributed by atoms with van der Waals surface area (Å²) in [4.78, 5) is 0. The van der Waals surface area contributed by atoms with Crippen molar-refractivity contribution in [2.24, 2.45) is 5.92 Å². The van der Waals surface area contributed by atoms with E-state index in [4.69, 9.17) is 9.84 Å². The molecule has 17 heavy (non-hydrogen) atoms. The lowest BCUT2D eigenvalue weighted by atomic mass is 9.86. The summed E-state index contributed by atoms with van der Waals surface area (Å²) in [6.07, 6.45) is 6.59. The van der Waals surface area contributed by atoms with Gasteiger partial charge in [0.25, 0.3) is 0 Å². The minimum Gasteiger partial charge on any atom is -0.490 e. The molecule has 1 aliphatic carbocycles. The fourth-order valence-corrected chi connectivity index (χ4v) is 2.57. The van der Waals surface area contributed by atoms with Crippen LogP contribution in [0.3, 0.4) is 0 Å². The maximum atomic E-state index is 9.08. The Morgan fingerprint density at radius 3 is 2.65 bits per heavy atom. The lowest BCUT2D eigenvalue weighted by molar-refractivity contribution is 0.129. The molecule has 2 nitrogen and oxygen atoms in total. The number of ether oxygens (including phenoxy) is 1. The second kappa shape index (κ2) is 6.06. The van der Waals surface area contributed by atoms with Crippen LogP contribution in [0.2, 0.25) is 0 Å². The highest BCUT2D eigenvalue weighted by molar-refractivity contribution is 5.28. The van der Waals surface area contributed by atoms with Gasteiger partial charge < -0.3 is 9.84 Å². The number of aliphatic hydroxyl groups is 1. The molecule has 0 atom stereocenters. The summed E-state index contributed by atoms with van der Waals surface area (Å²) >= 11 is 0. The van der Waals surface area contributed by atoms with E-state index in [2.05, 4.69) is 6.92 Å². The summed E-state index contributed by atoms with van der Waals surface area (Å²) in [5, 5.41) is 9.08. The molecule has 0 radical (unpaired) electrons. The smallest absolute Gasteiger partial charge is 0.120 e. The van der Waals surface area contributed by atoms with Gasteiger partial charge in [-0.1, -0.05) is 25.5 Å². The van der Waals surface area contributed by atoms with E-state index < -0.39 is 0 Å². The molecule has 2 heteroatoms. The molecule has 0 bridgehead atoms. The molecular formula is C15H22O2. The van der Waals surface area contributed by atoms with Crippen LogP contribution in [0.5, 0.6) is 5.75 Å². The average Bonchev–Trinajstić information content (AvgIpc) is 2.40. The number of hydrogen-bond acceptors (Lipinski definition) is 2. The predicted molar refractivity (Wildman–Crippen MR) is 69.0 cm³/mol. The third-order valence-corrected chi connectivity index (χ3v) is 3.75. The van der Waals surface area contributed by atoms with Gasteiger partial charge in [0.1, 0.15) is 5.75 Å². The third-order valence-electron chi connectivity index (χ3n) is 3.75. The molecule has 0 unspecified atom stereocenters. The van der Waals surface area contributed by atoms with E-state index in [1.807, 2.05) is 24.3 Å². The normalized spacial score (nSPS) is 24.6. The van der Waals surface area contributed by atoms with Crippen molar-refractivity contribution in [3.05, 3.63) is 29.8 Å². The number of benzene rings is 1. The lowest BCUT2D eigenvalue weighted by Gasteiger charge is -2.28. The SMILES string of the molecule is CCC1CCC(Oc2cccc(CO)c2)CC1. The lowest BCUT2D eigenvalue weighted by Crippen LogP contribution is -2.23. The van der Waals surface area contributed by atoms with Crippen LogP contribution in [0.15, 0.2) is 24.3 Å². The quantitative estimate of drug-likeness (QED) is 0.863. The van der Waals surface area contributed by atoms with Gasteiger partial charge in [-0.2, -0.15) is 0 Å².